The van der Waals surface area contributed by atoms with Gasteiger partial charge in [-0.25, -0.2) is 8.78 Å². The van der Waals surface area contributed by atoms with Gasteiger partial charge in [-0.15, -0.1) is 0 Å². The fraction of sp³-hybridized carbons (Fsp3) is 0.474. The minimum atomic E-state index is -1.52. The minimum absolute atomic E-state index is 0. The number of carboxylic acid groups (broad SMARTS) is 2. The molecule has 2 aliphatic carbocycles. The number of carbonyl (C=O) groups excluding carboxylic acids is 2. The number of fused-ring (bicyclic) bond motifs is 2. The van der Waals surface area contributed by atoms with Gasteiger partial charge in [0, 0.05) is 87.6 Å². The molecule has 12 nitrogen and oxygen atoms in total. The van der Waals surface area contributed by atoms with Crippen molar-refractivity contribution in [3.63, 3.8) is 0 Å². The molecule has 2 saturated heterocycles. The molecule has 0 spiro atoms. The zero-order valence-electron chi connectivity index (χ0n) is 30.1. The number of benzene rings is 2. The monoisotopic (exact) mass is 830 g/mol. The van der Waals surface area contributed by atoms with Crippen LogP contribution in [0.2, 0.25) is 0 Å². The van der Waals surface area contributed by atoms with Crippen molar-refractivity contribution >= 4 is 45.1 Å². The third kappa shape index (κ3) is 7.85. The molecule has 0 bridgehead atoms. The molecular weight excluding hydrogens is 787 g/mol. The van der Waals surface area contributed by atoms with Crippen LogP contribution in [-0.4, -0.2) is 96.3 Å². The largest absolute Gasteiger partial charge is 2.00 e. The van der Waals surface area contributed by atoms with Crippen LogP contribution in [0.5, 0.6) is 0 Å². The number of piperazine rings is 2. The zero-order valence-corrected chi connectivity index (χ0v) is 34.2. The van der Waals surface area contributed by atoms with Crippen LogP contribution in [0.15, 0.2) is 46.2 Å². The van der Waals surface area contributed by atoms with Crippen molar-refractivity contribution in [2.75, 3.05) is 75.2 Å². The third-order valence-corrected chi connectivity index (χ3v) is 10.8. The van der Waals surface area contributed by atoms with Gasteiger partial charge >= 0.3 is 27.3 Å². The van der Waals surface area contributed by atoms with Crippen LogP contribution in [0.4, 0.5) is 20.2 Å². The van der Waals surface area contributed by atoms with Gasteiger partial charge in [0.15, 0.2) is 10.9 Å². The molecule has 0 unspecified atom stereocenters. The predicted octanol–water partition coefficient (Wildman–Crippen LogP) is 1.96. The molecule has 0 radical (unpaired) electrons. The summed E-state index contributed by atoms with van der Waals surface area (Å²) in [4.78, 5) is 56.1. The van der Waals surface area contributed by atoms with E-state index in [1.54, 1.807) is 21.3 Å². The van der Waals surface area contributed by atoms with Crippen molar-refractivity contribution in [1.82, 2.24) is 18.9 Å². The Bertz CT molecular complexity index is 2020. The molecule has 4 aliphatic rings. The molecule has 8 rings (SSSR count). The van der Waals surface area contributed by atoms with E-state index in [-0.39, 0.29) is 50.2 Å². The zero-order chi connectivity index (χ0) is 36.8. The van der Waals surface area contributed by atoms with Crippen molar-refractivity contribution in [1.29, 1.82) is 0 Å². The van der Waals surface area contributed by atoms with Gasteiger partial charge in [-0.1, -0.05) is 13.8 Å². The summed E-state index contributed by atoms with van der Waals surface area (Å²) < 4.78 is 33.2. The molecular formula is C38H42CdF2N6O6. The number of halogens is 2. The number of carbonyl (C=O) groups is 2. The number of aromatic carboxylic acids is 2. The number of hydrogen-bond acceptors (Lipinski definition) is 10. The second-order valence-electron chi connectivity index (χ2n) is 14.1. The molecule has 0 N–H and O–H groups in total. The van der Waals surface area contributed by atoms with Crippen LogP contribution < -0.4 is 30.9 Å². The van der Waals surface area contributed by atoms with Gasteiger partial charge in [-0.2, -0.15) is 0 Å². The topological polar surface area (TPSA) is 137 Å². The van der Waals surface area contributed by atoms with E-state index in [9.17, 15) is 38.2 Å². The number of anilines is 2. The molecule has 0 amide bonds. The summed E-state index contributed by atoms with van der Waals surface area (Å²) in [5.74, 6) is -4.02. The van der Waals surface area contributed by atoms with Crippen LogP contribution in [0.3, 0.4) is 0 Å². The summed E-state index contributed by atoms with van der Waals surface area (Å²) in [5.41, 5.74) is -0.0438. The third-order valence-electron chi connectivity index (χ3n) is 10.8. The molecule has 2 aromatic carbocycles. The molecule has 0 atom stereocenters. The van der Waals surface area contributed by atoms with E-state index in [1.165, 1.54) is 24.5 Å². The first-order valence-electron chi connectivity index (χ1n) is 18.1. The van der Waals surface area contributed by atoms with E-state index < -0.39 is 45.6 Å². The molecule has 276 valence electrons. The number of carboxylic acids is 2. The average molecular weight is 829 g/mol. The van der Waals surface area contributed by atoms with Gasteiger partial charge in [0.1, 0.15) is 11.6 Å². The fourth-order valence-corrected chi connectivity index (χ4v) is 7.41. The Hall–Kier alpha value is -3.90. The average Bonchev–Trinajstić information content (AvgIpc) is 4.07. The van der Waals surface area contributed by atoms with Crippen molar-refractivity contribution in [3.8, 4) is 0 Å². The molecule has 4 fully saturated rings. The van der Waals surface area contributed by atoms with Gasteiger partial charge in [0.05, 0.1) is 45.5 Å². The second-order valence-corrected chi connectivity index (χ2v) is 14.1. The van der Waals surface area contributed by atoms with E-state index in [1.807, 2.05) is 9.80 Å². The van der Waals surface area contributed by atoms with Gasteiger partial charge in [0.25, 0.3) is 0 Å². The Labute approximate surface area is 325 Å². The summed E-state index contributed by atoms with van der Waals surface area (Å²) in [6.45, 7) is 12.5. The number of rotatable bonds is 8. The fourth-order valence-electron chi connectivity index (χ4n) is 7.41. The molecule has 4 aromatic rings. The Kier molecular flexibility index (Phi) is 11.6. The van der Waals surface area contributed by atoms with Crippen molar-refractivity contribution in [2.24, 2.45) is 0 Å². The van der Waals surface area contributed by atoms with Crippen molar-refractivity contribution in [2.45, 2.75) is 51.6 Å². The van der Waals surface area contributed by atoms with Gasteiger partial charge in [0.2, 0.25) is 0 Å². The summed E-state index contributed by atoms with van der Waals surface area (Å²) >= 11 is 0. The number of aromatic nitrogens is 2. The normalized spacial score (nSPS) is 18.1. The van der Waals surface area contributed by atoms with Crippen LogP contribution in [0.25, 0.3) is 21.8 Å². The maximum absolute atomic E-state index is 14.8. The van der Waals surface area contributed by atoms with E-state index >= 15 is 0 Å². The Morgan fingerprint density at radius 1 is 0.623 bits per heavy atom. The predicted molar refractivity (Wildman–Crippen MR) is 190 cm³/mol. The Morgan fingerprint density at radius 2 is 0.962 bits per heavy atom. The summed E-state index contributed by atoms with van der Waals surface area (Å²) in [7, 11) is 0. The second kappa shape index (κ2) is 15.8. The van der Waals surface area contributed by atoms with Crippen molar-refractivity contribution < 1.29 is 55.9 Å². The minimum Gasteiger partial charge on any atom is -0.545 e. The van der Waals surface area contributed by atoms with Gasteiger partial charge in [-0.3, -0.25) is 9.59 Å². The standard InChI is InChI=1S/2C19H22FN3O3.Cd/c2*1-2-21-5-7-22(8-6-21)17-10-16-13(9-15(17)20)18(24)14(19(25)26)11-23(16)12-3-4-12;/h2*9-12H,2-8H2,1H3,(H,25,26);/q;;+2/p-2. The first-order valence-corrected chi connectivity index (χ1v) is 18.1. The molecule has 53 heavy (non-hydrogen) atoms. The van der Waals surface area contributed by atoms with E-state index in [0.29, 0.717) is 22.4 Å². The maximum Gasteiger partial charge on any atom is 2.00 e. The smallest absolute Gasteiger partial charge is 0.545 e. The molecule has 2 aromatic heterocycles. The first kappa shape index (κ1) is 38.8. The van der Waals surface area contributed by atoms with Crippen LogP contribution >= 0.6 is 0 Å². The summed E-state index contributed by atoms with van der Waals surface area (Å²) in [5, 5.41) is 22.8. The van der Waals surface area contributed by atoms with Gasteiger partial charge < -0.3 is 48.5 Å². The molecule has 2 aliphatic heterocycles. The Balaban J connectivity index is 0.000000178. The molecule has 2 saturated carbocycles. The van der Waals surface area contributed by atoms with Crippen LogP contribution in [0, 0.1) is 11.6 Å². The quantitative estimate of drug-likeness (QED) is 0.243. The van der Waals surface area contributed by atoms with Crippen LogP contribution in [0.1, 0.15) is 72.3 Å². The van der Waals surface area contributed by atoms with Crippen LogP contribution in [-0.2, 0) is 27.3 Å². The number of nitrogens with zero attached hydrogens (tertiary/aromatic N) is 6. The number of hydrogen-bond donors (Lipinski definition) is 0. The number of likely N-dealkylation sites (N-methyl/N-ethyl adjacent to an activating group) is 2. The first-order chi connectivity index (χ1) is 25.0. The Morgan fingerprint density at radius 3 is 1.25 bits per heavy atom. The summed E-state index contributed by atoms with van der Waals surface area (Å²) in [6, 6.07) is 6.09. The molecule has 15 heteroatoms. The van der Waals surface area contributed by atoms with E-state index in [4.69, 9.17) is 0 Å². The number of pyridine rings is 2. The van der Waals surface area contributed by atoms with E-state index in [2.05, 4.69) is 23.6 Å². The van der Waals surface area contributed by atoms with Gasteiger partial charge in [-0.05, 0) is 63.0 Å². The van der Waals surface area contributed by atoms with Crippen molar-refractivity contribution in [3.05, 3.63) is 79.9 Å². The summed E-state index contributed by atoms with van der Waals surface area (Å²) in [6.07, 6.45) is 6.40. The SMILES string of the molecule is CCN1CCN(c2cc3c(cc2F)c(=O)c(C(=O)[O-])cn3C2CC2)CC1.CCN1CCN(c2cc3c(cc2F)c(=O)c(C(=O)[O-])cn3C2CC2)CC1.[Cd+2]. The maximum atomic E-state index is 14.8. The molecule has 4 heterocycles. The van der Waals surface area contributed by atoms with E-state index in [0.717, 1.165) is 91.1 Å².